The molecular formula is C45H82N6O13S2. The normalized spacial score (nSPS) is 14.7. The van der Waals surface area contributed by atoms with Crippen molar-refractivity contribution in [3.63, 3.8) is 0 Å². The van der Waals surface area contributed by atoms with Crippen LogP contribution in [0.4, 0.5) is 0 Å². The van der Waals surface area contributed by atoms with E-state index in [0.29, 0.717) is 25.9 Å². The maximum absolute atomic E-state index is 13.3. The number of carboxylic acid groups (broad SMARTS) is 2. The Balaban J connectivity index is 4.47. The minimum atomic E-state index is -1.85. The lowest BCUT2D eigenvalue weighted by Crippen LogP contribution is -2.52. The third kappa shape index (κ3) is 24.5. The number of rotatable bonds is 38. The van der Waals surface area contributed by atoms with E-state index in [1.807, 2.05) is 69.2 Å². The number of hydrogen-bond donors (Lipinski definition) is 10. The monoisotopic (exact) mass is 979 g/mol. The van der Waals surface area contributed by atoms with E-state index in [9.17, 15) is 58.8 Å². The molecule has 0 heterocycles. The average Bonchev–Trinajstić information content (AvgIpc) is 3.28. The van der Waals surface area contributed by atoms with Crippen LogP contribution in [0.1, 0.15) is 133 Å². The SMILES string of the molecule is CCC(C)(CC)NC(CSCC(=O)NCCNC(=O)CC[C@@H](O)[C@H](O)C(=O)NCCNC(=O)CSCC(NC(=O)CCC(C)(CC)OCCC(C)(C)C(=O)C(C)(CC)CC)C(=O)O)C(=O)O. The third-order valence-electron chi connectivity index (χ3n) is 12.4. The van der Waals surface area contributed by atoms with Crippen molar-refractivity contribution in [2.45, 2.75) is 169 Å². The highest BCUT2D eigenvalue weighted by Gasteiger charge is 2.40. The number of carboxylic acids is 2. The molecule has 21 heteroatoms. The Bertz CT molecular complexity index is 1560. The van der Waals surface area contributed by atoms with Crippen molar-refractivity contribution < 1.29 is 63.5 Å². The number of thioether (sulfide) groups is 2. The van der Waals surface area contributed by atoms with E-state index in [0.717, 1.165) is 37.4 Å². The predicted octanol–water partition coefficient (Wildman–Crippen LogP) is 2.39. The maximum atomic E-state index is 13.3. The van der Waals surface area contributed by atoms with Gasteiger partial charge in [-0.25, -0.2) is 4.79 Å². The summed E-state index contributed by atoms with van der Waals surface area (Å²) in [5.41, 5.74) is -1.97. The summed E-state index contributed by atoms with van der Waals surface area (Å²) in [5.74, 6) is -4.72. The highest BCUT2D eigenvalue weighted by atomic mass is 32.2. The summed E-state index contributed by atoms with van der Waals surface area (Å²) in [4.78, 5) is 98.7. The summed E-state index contributed by atoms with van der Waals surface area (Å²) in [6.45, 7) is 20.0. The summed E-state index contributed by atoms with van der Waals surface area (Å²) < 4.78 is 6.20. The number of amides is 5. The molecule has 5 atom stereocenters. The van der Waals surface area contributed by atoms with E-state index in [4.69, 9.17) is 4.74 Å². The number of ketones is 1. The number of aliphatic carboxylic acids is 2. The Hall–Kier alpha value is -3.50. The second-order valence-corrected chi connectivity index (χ2v) is 20.1. The van der Waals surface area contributed by atoms with E-state index >= 15 is 0 Å². The van der Waals surface area contributed by atoms with Crippen molar-refractivity contribution in [3.05, 3.63) is 0 Å². The topological polar surface area (TPSA) is 299 Å². The highest BCUT2D eigenvalue weighted by molar-refractivity contribution is 8.00. The van der Waals surface area contributed by atoms with Crippen molar-refractivity contribution in [1.29, 1.82) is 0 Å². The van der Waals surface area contributed by atoms with Gasteiger partial charge in [0.1, 0.15) is 17.9 Å². The number of carbonyl (C=O) groups is 8. The van der Waals surface area contributed by atoms with Crippen molar-refractivity contribution in [2.75, 3.05) is 55.8 Å². The van der Waals surface area contributed by atoms with Crippen LogP contribution in [0.2, 0.25) is 0 Å². The molecule has 0 aliphatic heterocycles. The number of Topliss-reactive ketones (excluding diaryl/α,β-unsaturated/α-hetero) is 1. The molecule has 0 saturated carbocycles. The highest BCUT2D eigenvalue weighted by Crippen LogP contribution is 2.37. The van der Waals surface area contributed by atoms with Crippen LogP contribution < -0.4 is 31.9 Å². The Labute approximate surface area is 400 Å². The zero-order valence-electron chi connectivity index (χ0n) is 41.0. The van der Waals surface area contributed by atoms with Crippen LogP contribution in [0, 0.1) is 10.8 Å². The van der Waals surface area contributed by atoms with Crippen molar-refractivity contribution in [3.8, 4) is 0 Å². The fourth-order valence-electron chi connectivity index (χ4n) is 6.51. The van der Waals surface area contributed by atoms with Crippen LogP contribution in [-0.4, -0.2) is 159 Å². The number of hydrogen-bond acceptors (Lipinski definition) is 14. The molecule has 0 aliphatic rings. The fraction of sp³-hybridized carbons (Fsp3) is 0.822. The van der Waals surface area contributed by atoms with Crippen LogP contribution in [0.15, 0.2) is 0 Å². The first-order chi connectivity index (χ1) is 30.8. The molecule has 0 aromatic heterocycles. The van der Waals surface area contributed by atoms with Crippen LogP contribution in [-0.2, 0) is 43.1 Å². The van der Waals surface area contributed by atoms with Gasteiger partial charge >= 0.3 is 11.9 Å². The molecule has 5 amide bonds. The molecule has 3 unspecified atom stereocenters. The Morgan fingerprint density at radius 1 is 0.591 bits per heavy atom. The lowest BCUT2D eigenvalue weighted by atomic mass is 9.68. The molecule has 382 valence electrons. The lowest BCUT2D eigenvalue weighted by molar-refractivity contribution is -0.141. The standard InChI is InChI=1S/C45H82N6O13S2/c1-11-43(8,12-2)41(63)42(6,7)20-25-64-45(10,15-5)19-18-34(54)50-30(39(59)60)26-65-28-35(55)48-23-24-49-38(58)37(57)32(52)16-17-33(53)46-21-22-47-36(56)29-66-27-31(40(61)62)51-44(9,13-3)14-4/h30-32,37,51-52,57H,11-29H2,1-10H3,(H,46,53)(H,47,56)(H,48,55)(H,49,58)(H,50,54)(H,59,60)(H,61,62)/t30?,31?,32-,37+,45?/m1/s1. The van der Waals surface area contributed by atoms with Gasteiger partial charge in [0.15, 0.2) is 6.10 Å². The number of aliphatic hydroxyl groups excluding tert-OH is 2. The third-order valence-corrected chi connectivity index (χ3v) is 14.5. The Morgan fingerprint density at radius 3 is 1.55 bits per heavy atom. The second-order valence-electron chi connectivity index (χ2n) is 18.1. The van der Waals surface area contributed by atoms with E-state index < -0.39 is 76.3 Å². The van der Waals surface area contributed by atoms with Gasteiger partial charge in [0, 0.05) is 73.5 Å². The number of ether oxygens (including phenoxy) is 1. The summed E-state index contributed by atoms with van der Waals surface area (Å²) in [6.07, 6.45) is 0.601. The number of carbonyl (C=O) groups excluding carboxylic acids is 6. The van der Waals surface area contributed by atoms with Gasteiger partial charge in [0.2, 0.25) is 23.6 Å². The van der Waals surface area contributed by atoms with E-state index in [-0.39, 0.29) is 85.7 Å². The van der Waals surface area contributed by atoms with Gasteiger partial charge in [0.05, 0.1) is 23.2 Å². The fourth-order valence-corrected chi connectivity index (χ4v) is 8.24. The van der Waals surface area contributed by atoms with Gasteiger partial charge in [-0.1, -0.05) is 55.4 Å². The van der Waals surface area contributed by atoms with Crippen LogP contribution >= 0.6 is 23.5 Å². The van der Waals surface area contributed by atoms with Crippen molar-refractivity contribution in [1.82, 2.24) is 31.9 Å². The first-order valence-corrected chi connectivity index (χ1v) is 25.4. The Kier molecular flexibility index (Phi) is 29.9. The minimum Gasteiger partial charge on any atom is -0.480 e. The molecule has 0 bridgehead atoms. The van der Waals surface area contributed by atoms with Crippen LogP contribution in [0.3, 0.4) is 0 Å². The first-order valence-electron chi connectivity index (χ1n) is 23.1. The zero-order chi connectivity index (χ0) is 50.7. The molecule has 0 aromatic carbocycles. The maximum Gasteiger partial charge on any atom is 0.327 e. The molecule has 0 fully saturated rings. The number of aliphatic hydroxyl groups is 2. The Morgan fingerprint density at radius 2 is 1.08 bits per heavy atom. The molecule has 10 N–H and O–H groups in total. The van der Waals surface area contributed by atoms with Crippen LogP contribution in [0.25, 0.3) is 0 Å². The molecular weight excluding hydrogens is 897 g/mol. The molecule has 0 spiro atoms. The molecule has 66 heavy (non-hydrogen) atoms. The van der Waals surface area contributed by atoms with Crippen LogP contribution in [0.5, 0.6) is 0 Å². The molecule has 0 aromatic rings. The van der Waals surface area contributed by atoms with Crippen molar-refractivity contribution >= 4 is 70.8 Å². The van der Waals surface area contributed by atoms with Gasteiger partial charge in [-0.2, -0.15) is 0 Å². The van der Waals surface area contributed by atoms with Crippen molar-refractivity contribution in [2.24, 2.45) is 10.8 Å². The quantitative estimate of drug-likeness (QED) is 0.0398. The molecule has 0 saturated heterocycles. The van der Waals surface area contributed by atoms with E-state index in [2.05, 4.69) is 31.9 Å². The lowest BCUT2D eigenvalue weighted by Gasteiger charge is -2.36. The summed E-state index contributed by atoms with van der Waals surface area (Å²) in [7, 11) is 0. The summed E-state index contributed by atoms with van der Waals surface area (Å²) in [5, 5.41) is 55.5. The number of nitrogens with one attached hydrogen (secondary N) is 6. The van der Waals surface area contributed by atoms with Gasteiger partial charge in [-0.3, -0.25) is 38.9 Å². The molecule has 0 radical (unpaired) electrons. The van der Waals surface area contributed by atoms with E-state index in [1.54, 1.807) is 0 Å². The smallest absolute Gasteiger partial charge is 0.327 e. The van der Waals surface area contributed by atoms with Gasteiger partial charge < -0.3 is 51.7 Å². The molecule has 0 aliphatic carbocycles. The average molecular weight is 979 g/mol. The molecule has 0 rings (SSSR count). The first kappa shape index (κ1) is 62.5. The zero-order valence-corrected chi connectivity index (χ0v) is 42.7. The van der Waals surface area contributed by atoms with Gasteiger partial charge in [0.25, 0.3) is 5.91 Å². The van der Waals surface area contributed by atoms with Gasteiger partial charge in [-0.05, 0) is 65.2 Å². The predicted molar refractivity (Wildman–Crippen MR) is 257 cm³/mol. The molecule has 19 nitrogen and oxygen atoms in total. The van der Waals surface area contributed by atoms with E-state index in [1.165, 1.54) is 11.8 Å². The van der Waals surface area contributed by atoms with Gasteiger partial charge in [-0.15, -0.1) is 23.5 Å². The minimum absolute atomic E-state index is 0.0129. The summed E-state index contributed by atoms with van der Waals surface area (Å²) >= 11 is 2.17. The largest absolute Gasteiger partial charge is 0.480 e. The second kappa shape index (κ2) is 31.5. The summed E-state index contributed by atoms with van der Waals surface area (Å²) in [6, 6.07) is -2.06.